The first-order valence-electron chi connectivity index (χ1n) is 10.7. The molecule has 1 saturated carbocycles. The number of nitrogens with zero attached hydrogens (tertiary/aromatic N) is 2. The molecule has 2 aliphatic rings. The van der Waals surface area contributed by atoms with Gasteiger partial charge in [0.05, 0.1) is 29.6 Å². The molecule has 0 radical (unpaired) electrons. The zero-order valence-electron chi connectivity index (χ0n) is 17.4. The van der Waals surface area contributed by atoms with Gasteiger partial charge in [0, 0.05) is 6.04 Å². The molecule has 2 amide bonds. The van der Waals surface area contributed by atoms with Gasteiger partial charge in [-0.2, -0.15) is 0 Å². The topological polar surface area (TPSA) is 67.5 Å². The summed E-state index contributed by atoms with van der Waals surface area (Å²) in [5, 5.41) is 5.30. The summed E-state index contributed by atoms with van der Waals surface area (Å²) in [4.78, 5) is 28.9. The molecule has 0 saturated heterocycles. The average molecular weight is 426 g/mol. The Balaban J connectivity index is 1.50. The zero-order chi connectivity index (χ0) is 20.9. The highest BCUT2D eigenvalue weighted by atomic mass is 32.1. The van der Waals surface area contributed by atoms with Crippen LogP contribution in [-0.2, 0) is 17.9 Å². The number of nitrogens with one attached hydrogen (secondary N) is 1. The first kappa shape index (κ1) is 19.4. The quantitative estimate of drug-likeness (QED) is 0.673. The van der Waals surface area contributed by atoms with Crippen LogP contribution in [0.5, 0.6) is 0 Å². The molecule has 1 atom stereocenters. The first-order valence-corrected chi connectivity index (χ1v) is 11.6. The Bertz CT molecular complexity index is 1070. The van der Waals surface area contributed by atoms with E-state index in [0.717, 1.165) is 41.8 Å². The largest absolute Gasteiger partial charge is 0.467 e. The summed E-state index contributed by atoms with van der Waals surface area (Å²) in [5.74, 6) is 1.19. The minimum absolute atomic E-state index is 0.0790. The summed E-state index contributed by atoms with van der Waals surface area (Å²) in [6.45, 7) is 4.86. The maximum atomic E-state index is 13.6. The maximum absolute atomic E-state index is 13.6. The number of amides is 2. The normalized spacial score (nSPS) is 26.7. The third kappa shape index (κ3) is 3.16. The van der Waals surface area contributed by atoms with Gasteiger partial charge < -0.3 is 19.2 Å². The zero-order valence-corrected chi connectivity index (χ0v) is 18.2. The molecule has 0 spiro atoms. The van der Waals surface area contributed by atoms with E-state index in [1.807, 2.05) is 41.1 Å². The SMILES string of the molecule is CC1CCC(NC(=O)C2(C)Cn3c(cc4sccc43)C(=O)N2Cc2ccco2)CC1. The smallest absolute Gasteiger partial charge is 0.271 e. The molecular weight excluding hydrogens is 398 g/mol. The molecule has 1 aliphatic heterocycles. The van der Waals surface area contributed by atoms with Crippen LogP contribution >= 0.6 is 11.3 Å². The van der Waals surface area contributed by atoms with Crippen LogP contribution in [-0.4, -0.2) is 32.9 Å². The highest BCUT2D eigenvalue weighted by Crippen LogP contribution is 2.35. The Morgan fingerprint density at radius 2 is 2.10 bits per heavy atom. The fourth-order valence-electron chi connectivity index (χ4n) is 4.82. The van der Waals surface area contributed by atoms with Crippen molar-refractivity contribution in [1.82, 2.24) is 14.8 Å². The molecule has 1 fully saturated rings. The minimum atomic E-state index is -0.992. The Labute approximate surface area is 179 Å². The Hall–Kier alpha value is -2.54. The van der Waals surface area contributed by atoms with Crippen molar-refractivity contribution in [2.24, 2.45) is 5.92 Å². The van der Waals surface area contributed by atoms with Crippen LogP contribution in [0.1, 0.15) is 55.8 Å². The predicted octanol–water partition coefficient (Wildman–Crippen LogP) is 4.41. The van der Waals surface area contributed by atoms with Gasteiger partial charge in [0.2, 0.25) is 5.91 Å². The third-order valence-electron chi connectivity index (χ3n) is 6.78. The van der Waals surface area contributed by atoms with Crippen molar-refractivity contribution in [2.75, 3.05) is 0 Å². The second-order valence-electron chi connectivity index (χ2n) is 8.96. The molecule has 3 aromatic heterocycles. The number of carbonyl (C=O) groups excluding carboxylic acids is 2. The molecule has 6 nitrogen and oxygen atoms in total. The van der Waals surface area contributed by atoms with Gasteiger partial charge in [0.1, 0.15) is 17.0 Å². The molecule has 7 heteroatoms. The van der Waals surface area contributed by atoms with Gasteiger partial charge in [-0.1, -0.05) is 6.92 Å². The highest BCUT2D eigenvalue weighted by Gasteiger charge is 2.48. The van der Waals surface area contributed by atoms with Gasteiger partial charge in [0.25, 0.3) is 5.91 Å². The van der Waals surface area contributed by atoms with Crippen LogP contribution in [0.15, 0.2) is 40.3 Å². The number of hydrogen-bond donors (Lipinski definition) is 1. The van der Waals surface area contributed by atoms with Crippen LogP contribution in [0, 0.1) is 5.92 Å². The lowest BCUT2D eigenvalue weighted by molar-refractivity contribution is -0.134. The first-order chi connectivity index (χ1) is 14.5. The molecule has 0 bridgehead atoms. The Morgan fingerprint density at radius 3 is 2.83 bits per heavy atom. The number of aromatic nitrogens is 1. The van der Waals surface area contributed by atoms with Gasteiger partial charge in [0.15, 0.2) is 0 Å². The van der Waals surface area contributed by atoms with Crippen molar-refractivity contribution < 1.29 is 14.0 Å². The summed E-state index contributed by atoms with van der Waals surface area (Å²) in [6, 6.07) is 7.80. The summed E-state index contributed by atoms with van der Waals surface area (Å²) >= 11 is 1.62. The molecule has 0 aromatic carbocycles. The third-order valence-corrected chi connectivity index (χ3v) is 7.64. The second-order valence-corrected chi connectivity index (χ2v) is 9.91. The standard InChI is InChI=1S/C23H27N3O3S/c1-15-5-7-16(8-6-15)24-22(28)23(2)14-25-18-9-11-30-20(18)12-19(25)21(27)26(23)13-17-4-3-10-29-17/h3-4,9-12,15-16H,5-8,13-14H2,1-2H3,(H,24,28). The maximum Gasteiger partial charge on any atom is 0.271 e. The fraction of sp³-hybridized carbons (Fsp3) is 0.478. The number of fused-ring (bicyclic) bond motifs is 3. The lowest BCUT2D eigenvalue weighted by Gasteiger charge is -2.44. The van der Waals surface area contributed by atoms with Crippen LogP contribution in [0.2, 0.25) is 0 Å². The van der Waals surface area contributed by atoms with Crippen LogP contribution in [0.4, 0.5) is 0 Å². The van der Waals surface area contributed by atoms with E-state index in [1.165, 1.54) is 0 Å². The molecule has 1 N–H and O–H groups in total. The molecule has 30 heavy (non-hydrogen) atoms. The van der Waals surface area contributed by atoms with Gasteiger partial charge >= 0.3 is 0 Å². The summed E-state index contributed by atoms with van der Waals surface area (Å²) in [7, 11) is 0. The average Bonchev–Trinajstić information content (AvgIpc) is 3.45. The fourth-order valence-corrected chi connectivity index (χ4v) is 5.65. The predicted molar refractivity (Wildman–Crippen MR) is 116 cm³/mol. The molecular formula is C23H27N3O3S. The molecule has 4 heterocycles. The van der Waals surface area contributed by atoms with E-state index in [1.54, 1.807) is 22.5 Å². The molecule has 1 aliphatic carbocycles. The van der Waals surface area contributed by atoms with E-state index in [4.69, 9.17) is 4.42 Å². The van der Waals surface area contributed by atoms with Gasteiger partial charge in [-0.3, -0.25) is 9.59 Å². The van der Waals surface area contributed by atoms with Crippen molar-refractivity contribution in [3.63, 3.8) is 0 Å². The highest BCUT2D eigenvalue weighted by molar-refractivity contribution is 7.17. The molecule has 1 unspecified atom stereocenters. The van der Waals surface area contributed by atoms with E-state index in [9.17, 15) is 9.59 Å². The minimum Gasteiger partial charge on any atom is -0.467 e. The monoisotopic (exact) mass is 425 g/mol. The lowest BCUT2D eigenvalue weighted by atomic mass is 9.86. The van der Waals surface area contributed by atoms with E-state index in [2.05, 4.69) is 12.2 Å². The summed E-state index contributed by atoms with van der Waals surface area (Å²) in [5.41, 5.74) is 0.667. The second kappa shape index (κ2) is 7.30. The van der Waals surface area contributed by atoms with Crippen molar-refractivity contribution in [2.45, 2.75) is 64.2 Å². The number of furan rings is 1. The molecule has 158 valence electrons. The van der Waals surface area contributed by atoms with Crippen LogP contribution < -0.4 is 5.32 Å². The van der Waals surface area contributed by atoms with Crippen LogP contribution in [0.3, 0.4) is 0 Å². The van der Waals surface area contributed by atoms with Crippen molar-refractivity contribution in [1.29, 1.82) is 0 Å². The summed E-state index contributed by atoms with van der Waals surface area (Å²) in [6.07, 6.45) is 5.86. The van der Waals surface area contributed by atoms with Crippen molar-refractivity contribution in [3.8, 4) is 0 Å². The number of hydrogen-bond acceptors (Lipinski definition) is 4. The van der Waals surface area contributed by atoms with Gasteiger partial charge in [-0.25, -0.2) is 0 Å². The van der Waals surface area contributed by atoms with E-state index >= 15 is 0 Å². The van der Waals surface area contributed by atoms with E-state index in [-0.39, 0.29) is 24.4 Å². The van der Waals surface area contributed by atoms with Crippen molar-refractivity contribution in [3.05, 3.63) is 47.4 Å². The molecule has 3 aromatic rings. The number of thiophene rings is 1. The number of rotatable bonds is 4. The Kier molecular flexibility index (Phi) is 4.73. The molecule has 5 rings (SSSR count). The van der Waals surface area contributed by atoms with E-state index < -0.39 is 5.54 Å². The van der Waals surface area contributed by atoms with Crippen LogP contribution in [0.25, 0.3) is 10.2 Å². The number of carbonyl (C=O) groups is 2. The Morgan fingerprint density at radius 1 is 1.30 bits per heavy atom. The van der Waals surface area contributed by atoms with Gasteiger partial charge in [-0.15, -0.1) is 11.3 Å². The van der Waals surface area contributed by atoms with Crippen molar-refractivity contribution >= 4 is 33.4 Å². The van der Waals surface area contributed by atoms with E-state index in [0.29, 0.717) is 18.0 Å². The van der Waals surface area contributed by atoms with Gasteiger partial charge in [-0.05, 0) is 68.2 Å². The summed E-state index contributed by atoms with van der Waals surface area (Å²) < 4.78 is 8.60. The lowest BCUT2D eigenvalue weighted by Crippen LogP contribution is -2.64.